The highest BCUT2D eigenvalue weighted by Gasteiger charge is 2.43. The van der Waals surface area contributed by atoms with E-state index in [4.69, 9.17) is 5.73 Å². The van der Waals surface area contributed by atoms with Crippen LogP contribution in [-0.2, 0) is 11.2 Å². The first-order chi connectivity index (χ1) is 7.60. The Morgan fingerprint density at radius 1 is 1.38 bits per heavy atom. The van der Waals surface area contributed by atoms with Gasteiger partial charge in [-0.1, -0.05) is 30.3 Å². The molecule has 1 fully saturated rings. The van der Waals surface area contributed by atoms with Crippen molar-refractivity contribution in [3.63, 3.8) is 0 Å². The summed E-state index contributed by atoms with van der Waals surface area (Å²) < 4.78 is 0. The van der Waals surface area contributed by atoms with Gasteiger partial charge in [0.25, 0.3) is 0 Å². The SMILES string of the molecule is CC(N)(C(=O)CCc1ccccc1)C1CC1. The van der Waals surface area contributed by atoms with Crippen molar-refractivity contribution < 1.29 is 4.79 Å². The summed E-state index contributed by atoms with van der Waals surface area (Å²) in [5.41, 5.74) is 6.70. The molecule has 0 bridgehead atoms. The minimum Gasteiger partial charge on any atom is -0.319 e. The standard InChI is InChI=1S/C14H19NO/c1-14(15,12-8-9-12)13(16)10-7-11-5-3-2-4-6-11/h2-6,12H,7-10,15H2,1H3. The van der Waals surface area contributed by atoms with E-state index < -0.39 is 5.54 Å². The first-order valence-corrected chi connectivity index (χ1v) is 5.97. The lowest BCUT2D eigenvalue weighted by Gasteiger charge is -2.22. The zero-order valence-corrected chi connectivity index (χ0v) is 9.78. The number of aryl methyl sites for hydroxylation is 1. The maximum atomic E-state index is 12.0. The van der Waals surface area contributed by atoms with Crippen LogP contribution in [0.25, 0.3) is 0 Å². The highest BCUT2D eigenvalue weighted by molar-refractivity contribution is 5.88. The maximum absolute atomic E-state index is 12.0. The lowest BCUT2D eigenvalue weighted by Crippen LogP contribution is -2.47. The van der Waals surface area contributed by atoms with Gasteiger partial charge in [0.05, 0.1) is 5.54 Å². The number of hydrogen-bond acceptors (Lipinski definition) is 2. The smallest absolute Gasteiger partial charge is 0.152 e. The van der Waals surface area contributed by atoms with Crippen LogP contribution in [-0.4, -0.2) is 11.3 Å². The molecule has 0 amide bonds. The van der Waals surface area contributed by atoms with E-state index in [0.717, 1.165) is 19.3 Å². The van der Waals surface area contributed by atoms with Crippen molar-refractivity contribution in [2.75, 3.05) is 0 Å². The molecule has 0 aromatic heterocycles. The van der Waals surface area contributed by atoms with Crippen molar-refractivity contribution in [1.29, 1.82) is 0 Å². The average molecular weight is 217 g/mol. The van der Waals surface area contributed by atoms with Crippen LogP contribution in [0, 0.1) is 5.92 Å². The van der Waals surface area contributed by atoms with Crippen LogP contribution < -0.4 is 5.73 Å². The number of carbonyl (C=O) groups is 1. The van der Waals surface area contributed by atoms with Gasteiger partial charge in [0.2, 0.25) is 0 Å². The first-order valence-electron chi connectivity index (χ1n) is 5.97. The second-order valence-corrected chi connectivity index (χ2v) is 4.97. The number of rotatable bonds is 5. The molecule has 2 rings (SSSR count). The van der Waals surface area contributed by atoms with Crippen molar-refractivity contribution in [2.45, 2.75) is 38.1 Å². The monoisotopic (exact) mass is 217 g/mol. The fourth-order valence-corrected chi connectivity index (χ4v) is 2.08. The van der Waals surface area contributed by atoms with Gasteiger partial charge in [0.1, 0.15) is 0 Å². The van der Waals surface area contributed by atoms with Crippen molar-refractivity contribution in [1.82, 2.24) is 0 Å². The Labute approximate surface area is 96.8 Å². The largest absolute Gasteiger partial charge is 0.319 e. The number of nitrogens with two attached hydrogens (primary N) is 1. The van der Waals surface area contributed by atoms with Crippen molar-refractivity contribution >= 4 is 5.78 Å². The lowest BCUT2D eigenvalue weighted by molar-refractivity contribution is -0.124. The summed E-state index contributed by atoms with van der Waals surface area (Å²) in [7, 11) is 0. The molecule has 2 nitrogen and oxygen atoms in total. The molecule has 86 valence electrons. The molecule has 1 unspecified atom stereocenters. The van der Waals surface area contributed by atoms with E-state index in [1.54, 1.807) is 0 Å². The predicted molar refractivity (Wildman–Crippen MR) is 65.1 cm³/mol. The summed E-state index contributed by atoms with van der Waals surface area (Å²) in [6, 6.07) is 10.1. The summed E-state index contributed by atoms with van der Waals surface area (Å²) in [5, 5.41) is 0. The molecule has 1 aliphatic carbocycles. The van der Waals surface area contributed by atoms with Gasteiger partial charge in [-0.2, -0.15) is 0 Å². The molecule has 1 aromatic carbocycles. The minimum atomic E-state index is -0.589. The molecule has 1 atom stereocenters. The number of carbonyl (C=O) groups excluding carboxylic acids is 1. The van der Waals surface area contributed by atoms with Gasteiger partial charge >= 0.3 is 0 Å². The summed E-state index contributed by atoms with van der Waals surface area (Å²) in [5.74, 6) is 0.634. The molecule has 16 heavy (non-hydrogen) atoms. The Morgan fingerprint density at radius 2 is 2.00 bits per heavy atom. The lowest BCUT2D eigenvalue weighted by atomic mass is 9.88. The Kier molecular flexibility index (Phi) is 3.10. The predicted octanol–water partition coefficient (Wildman–Crippen LogP) is 2.32. The third kappa shape index (κ3) is 2.50. The first kappa shape index (κ1) is 11.3. The molecular formula is C14H19NO. The van der Waals surface area contributed by atoms with E-state index in [1.807, 2.05) is 25.1 Å². The van der Waals surface area contributed by atoms with E-state index in [-0.39, 0.29) is 5.78 Å². The van der Waals surface area contributed by atoms with E-state index in [1.165, 1.54) is 5.56 Å². The van der Waals surface area contributed by atoms with E-state index in [0.29, 0.717) is 12.3 Å². The topological polar surface area (TPSA) is 43.1 Å². The molecule has 1 saturated carbocycles. The van der Waals surface area contributed by atoms with E-state index >= 15 is 0 Å². The Balaban J connectivity index is 1.88. The van der Waals surface area contributed by atoms with Crippen LogP contribution in [0.2, 0.25) is 0 Å². The van der Waals surface area contributed by atoms with Crippen LogP contribution in [0.1, 0.15) is 31.7 Å². The van der Waals surface area contributed by atoms with Gasteiger partial charge in [0, 0.05) is 6.42 Å². The van der Waals surface area contributed by atoms with Crippen molar-refractivity contribution in [2.24, 2.45) is 11.7 Å². The highest BCUT2D eigenvalue weighted by atomic mass is 16.1. The summed E-state index contributed by atoms with van der Waals surface area (Å²) >= 11 is 0. The zero-order valence-electron chi connectivity index (χ0n) is 9.78. The summed E-state index contributed by atoms with van der Waals surface area (Å²) in [4.78, 5) is 12.0. The molecule has 1 aromatic rings. The Bertz CT molecular complexity index is 366. The van der Waals surface area contributed by atoms with Gasteiger partial charge in [-0.25, -0.2) is 0 Å². The highest BCUT2D eigenvalue weighted by Crippen LogP contribution is 2.39. The molecule has 0 aliphatic heterocycles. The van der Waals surface area contributed by atoms with E-state index in [9.17, 15) is 4.79 Å². The number of ketones is 1. The molecule has 2 heteroatoms. The fourth-order valence-electron chi connectivity index (χ4n) is 2.08. The Hall–Kier alpha value is -1.15. The van der Waals surface area contributed by atoms with Crippen molar-refractivity contribution in [3.05, 3.63) is 35.9 Å². The minimum absolute atomic E-state index is 0.207. The molecule has 0 spiro atoms. The third-order valence-corrected chi connectivity index (χ3v) is 3.51. The number of benzene rings is 1. The molecule has 2 N–H and O–H groups in total. The fraction of sp³-hybridized carbons (Fsp3) is 0.500. The summed E-state index contributed by atoms with van der Waals surface area (Å²) in [6.45, 7) is 1.89. The number of hydrogen-bond donors (Lipinski definition) is 1. The van der Waals surface area contributed by atoms with Crippen LogP contribution in [0.5, 0.6) is 0 Å². The van der Waals surface area contributed by atoms with Gasteiger partial charge in [-0.3, -0.25) is 4.79 Å². The van der Waals surface area contributed by atoms with Gasteiger partial charge < -0.3 is 5.73 Å². The van der Waals surface area contributed by atoms with Crippen LogP contribution >= 0.6 is 0 Å². The van der Waals surface area contributed by atoms with Gasteiger partial charge in [-0.05, 0) is 37.7 Å². The third-order valence-electron chi connectivity index (χ3n) is 3.51. The van der Waals surface area contributed by atoms with Gasteiger partial charge in [-0.15, -0.1) is 0 Å². The maximum Gasteiger partial charge on any atom is 0.152 e. The second kappa shape index (κ2) is 4.38. The average Bonchev–Trinajstić information content (AvgIpc) is 3.11. The quantitative estimate of drug-likeness (QED) is 0.822. The van der Waals surface area contributed by atoms with Crippen LogP contribution in [0.3, 0.4) is 0 Å². The van der Waals surface area contributed by atoms with Crippen molar-refractivity contribution in [3.8, 4) is 0 Å². The molecular weight excluding hydrogens is 198 g/mol. The van der Waals surface area contributed by atoms with Crippen LogP contribution in [0.4, 0.5) is 0 Å². The summed E-state index contributed by atoms with van der Waals surface area (Å²) in [6.07, 6.45) is 3.60. The van der Waals surface area contributed by atoms with Crippen LogP contribution in [0.15, 0.2) is 30.3 Å². The molecule has 0 heterocycles. The Morgan fingerprint density at radius 3 is 2.56 bits per heavy atom. The molecule has 0 saturated heterocycles. The zero-order chi connectivity index (χ0) is 11.6. The molecule has 1 aliphatic rings. The van der Waals surface area contributed by atoms with E-state index in [2.05, 4.69) is 12.1 Å². The number of Topliss-reactive ketones (excluding diaryl/α,β-unsaturated/α-hetero) is 1. The second-order valence-electron chi connectivity index (χ2n) is 4.97. The molecule has 0 radical (unpaired) electrons. The normalized spacial score (nSPS) is 19.1. The van der Waals surface area contributed by atoms with Gasteiger partial charge in [0.15, 0.2) is 5.78 Å².